The zero-order valence-corrected chi connectivity index (χ0v) is 16.0. The number of halogens is 1. The minimum Gasteiger partial charge on any atom is -0.329 e. The van der Waals surface area contributed by atoms with Gasteiger partial charge in [0.15, 0.2) is 0 Å². The highest BCUT2D eigenvalue weighted by Gasteiger charge is 2.32. The van der Waals surface area contributed by atoms with Crippen LogP contribution in [0, 0.1) is 12.7 Å². The average molecular weight is 378 g/mol. The number of amides is 1. The maximum atomic E-state index is 13.4. The molecule has 0 radical (unpaired) electrons. The molecule has 6 heteroatoms. The molecule has 4 rings (SSSR count). The van der Waals surface area contributed by atoms with Crippen molar-refractivity contribution in [3.8, 4) is 5.69 Å². The highest BCUT2D eigenvalue weighted by Crippen LogP contribution is 2.27. The van der Waals surface area contributed by atoms with Gasteiger partial charge in [-0.1, -0.05) is 30.3 Å². The fraction of sp³-hybridized carbons (Fsp3) is 0.273. The van der Waals surface area contributed by atoms with E-state index in [0.717, 1.165) is 30.0 Å². The molecule has 1 atom stereocenters. The van der Waals surface area contributed by atoms with E-state index in [9.17, 15) is 9.18 Å². The van der Waals surface area contributed by atoms with Gasteiger partial charge in [-0.25, -0.2) is 9.07 Å². The number of rotatable bonds is 3. The molecule has 1 unspecified atom stereocenters. The minimum absolute atomic E-state index is 0.000946. The number of hydrogen-bond acceptors (Lipinski definition) is 3. The molecule has 0 spiro atoms. The van der Waals surface area contributed by atoms with Crippen LogP contribution in [0.2, 0.25) is 0 Å². The maximum absolute atomic E-state index is 13.4. The Hall–Kier alpha value is -2.99. The largest absolute Gasteiger partial charge is 0.329 e. The van der Waals surface area contributed by atoms with E-state index in [4.69, 9.17) is 0 Å². The van der Waals surface area contributed by atoms with Gasteiger partial charge >= 0.3 is 0 Å². The number of piperazine rings is 1. The Bertz CT molecular complexity index is 968. The number of likely N-dealkylation sites (N-methyl/N-ethyl adjacent to an activating group) is 1. The first kappa shape index (κ1) is 18.4. The number of aromatic nitrogens is 2. The van der Waals surface area contributed by atoms with Crippen LogP contribution < -0.4 is 0 Å². The Morgan fingerprint density at radius 3 is 2.50 bits per heavy atom. The van der Waals surface area contributed by atoms with Crippen molar-refractivity contribution in [2.75, 3.05) is 26.7 Å². The van der Waals surface area contributed by atoms with Crippen LogP contribution in [0.1, 0.15) is 27.7 Å². The summed E-state index contributed by atoms with van der Waals surface area (Å²) in [5.41, 5.74) is 3.19. The summed E-state index contributed by atoms with van der Waals surface area (Å²) in [5.74, 6) is -0.319. The fourth-order valence-corrected chi connectivity index (χ4v) is 3.74. The third kappa shape index (κ3) is 3.43. The van der Waals surface area contributed by atoms with Crippen molar-refractivity contribution >= 4 is 5.91 Å². The zero-order valence-electron chi connectivity index (χ0n) is 16.0. The predicted octanol–water partition coefficient (Wildman–Crippen LogP) is 3.45. The van der Waals surface area contributed by atoms with Crippen molar-refractivity contribution in [1.82, 2.24) is 19.6 Å². The van der Waals surface area contributed by atoms with Gasteiger partial charge in [0.05, 0.1) is 29.2 Å². The van der Waals surface area contributed by atoms with Crippen LogP contribution in [-0.4, -0.2) is 52.2 Å². The number of benzene rings is 2. The van der Waals surface area contributed by atoms with Crippen molar-refractivity contribution < 1.29 is 9.18 Å². The molecular formula is C22H23FN4O. The molecule has 3 aromatic rings. The van der Waals surface area contributed by atoms with Gasteiger partial charge in [-0.2, -0.15) is 5.10 Å². The Morgan fingerprint density at radius 2 is 1.79 bits per heavy atom. The number of carbonyl (C=O) groups is 1. The average Bonchev–Trinajstić information content (AvgIpc) is 3.10. The van der Waals surface area contributed by atoms with Crippen molar-refractivity contribution in [3.63, 3.8) is 0 Å². The molecule has 1 aliphatic rings. The minimum atomic E-state index is -0.298. The molecule has 1 aromatic heterocycles. The quantitative estimate of drug-likeness (QED) is 0.701. The Balaban J connectivity index is 1.65. The second-order valence-corrected chi connectivity index (χ2v) is 7.22. The van der Waals surface area contributed by atoms with E-state index in [1.807, 2.05) is 30.0 Å². The van der Waals surface area contributed by atoms with Gasteiger partial charge in [0.25, 0.3) is 5.91 Å². The van der Waals surface area contributed by atoms with Crippen LogP contribution >= 0.6 is 0 Å². The van der Waals surface area contributed by atoms with Crippen molar-refractivity contribution in [2.45, 2.75) is 13.0 Å². The molecule has 1 aliphatic heterocycles. The summed E-state index contributed by atoms with van der Waals surface area (Å²) in [6.45, 7) is 4.16. The lowest BCUT2D eigenvalue weighted by Gasteiger charge is -2.40. The monoisotopic (exact) mass is 378 g/mol. The van der Waals surface area contributed by atoms with Gasteiger partial charge in [-0.15, -0.1) is 0 Å². The number of hydrogen-bond donors (Lipinski definition) is 0. The van der Waals surface area contributed by atoms with Crippen LogP contribution in [0.15, 0.2) is 60.8 Å². The van der Waals surface area contributed by atoms with Gasteiger partial charge in [-0.05, 0) is 43.8 Å². The fourth-order valence-electron chi connectivity index (χ4n) is 3.74. The highest BCUT2D eigenvalue weighted by molar-refractivity contribution is 5.95. The van der Waals surface area contributed by atoms with Gasteiger partial charge in [-0.3, -0.25) is 4.79 Å². The summed E-state index contributed by atoms with van der Waals surface area (Å²) in [4.78, 5) is 17.6. The first-order valence-electron chi connectivity index (χ1n) is 9.39. The van der Waals surface area contributed by atoms with E-state index in [-0.39, 0.29) is 17.8 Å². The van der Waals surface area contributed by atoms with Crippen molar-refractivity contribution in [3.05, 3.63) is 83.4 Å². The molecule has 144 valence electrons. The first-order chi connectivity index (χ1) is 13.5. The lowest BCUT2D eigenvalue weighted by atomic mass is 10.0. The summed E-state index contributed by atoms with van der Waals surface area (Å²) in [6, 6.07) is 16.2. The highest BCUT2D eigenvalue weighted by atomic mass is 19.1. The molecule has 1 amide bonds. The second kappa shape index (κ2) is 7.56. The van der Waals surface area contributed by atoms with Crippen molar-refractivity contribution in [1.29, 1.82) is 0 Å². The Kier molecular flexibility index (Phi) is 4.96. The SMILES string of the molecule is Cc1c(C(=O)N2CCN(C)CC2c2ccccc2)cnn1-c1ccc(F)cc1. The molecule has 1 saturated heterocycles. The van der Waals surface area contributed by atoms with Crippen molar-refractivity contribution in [2.24, 2.45) is 0 Å². The van der Waals surface area contributed by atoms with Crippen LogP contribution in [0.5, 0.6) is 0 Å². The molecule has 2 heterocycles. The summed E-state index contributed by atoms with van der Waals surface area (Å²) in [5, 5.41) is 4.38. The Labute approximate surface area is 164 Å². The molecule has 2 aromatic carbocycles. The van der Waals surface area contributed by atoms with E-state index in [1.54, 1.807) is 23.0 Å². The van der Waals surface area contributed by atoms with Crippen LogP contribution in [0.4, 0.5) is 4.39 Å². The smallest absolute Gasteiger partial charge is 0.257 e. The first-order valence-corrected chi connectivity index (χ1v) is 9.39. The van der Waals surface area contributed by atoms with Gasteiger partial charge in [0, 0.05) is 19.6 Å². The normalized spacial score (nSPS) is 17.7. The number of nitrogens with zero attached hydrogens (tertiary/aromatic N) is 4. The molecule has 0 aliphatic carbocycles. The molecule has 28 heavy (non-hydrogen) atoms. The summed E-state index contributed by atoms with van der Waals surface area (Å²) < 4.78 is 14.9. The zero-order chi connectivity index (χ0) is 19.7. The van der Waals surface area contributed by atoms with E-state index < -0.39 is 0 Å². The molecule has 0 saturated carbocycles. The standard InChI is InChI=1S/C22H23FN4O/c1-16-20(14-24-27(16)19-10-8-18(23)9-11-19)22(28)26-13-12-25(2)15-21(26)17-6-4-3-5-7-17/h3-11,14,21H,12-13,15H2,1-2H3. The lowest BCUT2D eigenvalue weighted by molar-refractivity contribution is 0.0497. The third-order valence-electron chi connectivity index (χ3n) is 5.34. The summed E-state index contributed by atoms with van der Waals surface area (Å²) >= 11 is 0. The lowest BCUT2D eigenvalue weighted by Crippen LogP contribution is -2.49. The Morgan fingerprint density at radius 1 is 1.07 bits per heavy atom. The van der Waals surface area contributed by atoms with E-state index in [2.05, 4.69) is 29.2 Å². The van der Waals surface area contributed by atoms with E-state index >= 15 is 0 Å². The summed E-state index contributed by atoms with van der Waals surface area (Å²) in [7, 11) is 2.08. The van der Waals surface area contributed by atoms with E-state index in [1.165, 1.54) is 12.1 Å². The van der Waals surface area contributed by atoms with Crippen LogP contribution in [-0.2, 0) is 0 Å². The topological polar surface area (TPSA) is 41.4 Å². The third-order valence-corrected chi connectivity index (χ3v) is 5.34. The van der Waals surface area contributed by atoms with Crippen LogP contribution in [0.25, 0.3) is 5.69 Å². The van der Waals surface area contributed by atoms with Gasteiger partial charge in [0.1, 0.15) is 5.82 Å². The molecule has 0 bridgehead atoms. The molecule has 0 N–H and O–H groups in total. The van der Waals surface area contributed by atoms with Gasteiger partial charge < -0.3 is 9.80 Å². The maximum Gasteiger partial charge on any atom is 0.257 e. The molecule has 5 nitrogen and oxygen atoms in total. The molecule has 1 fully saturated rings. The number of carbonyl (C=O) groups excluding carboxylic acids is 1. The molecular weight excluding hydrogens is 355 g/mol. The predicted molar refractivity (Wildman–Crippen MR) is 106 cm³/mol. The van der Waals surface area contributed by atoms with Gasteiger partial charge in [0.2, 0.25) is 0 Å². The van der Waals surface area contributed by atoms with E-state index in [0.29, 0.717) is 12.1 Å². The summed E-state index contributed by atoms with van der Waals surface area (Å²) in [6.07, 6.45) is 1.61. The van der Waals surface area contributed by atoms with Crippen LogP contribution in [0.3, 0.4) is 0 Å². The second-order valence-electron chi connectivity index (χ2n) is 7.22.